The first-order valence-corrected chi connectivity index (χ1v) is 12.2. The van der Waals surface area contributed by atoms with Crippen molar-refractivity contribution in [1.29, 1.82) is 0 Å². The lowest BCUT2D eigenvalue weighted by atomic mass is 9.68. The Morgan fingerprint density at radius 3 is 1.58 bits per heavy atom. The van der Waals surface area contributed by atoms with Gasteiger partial charge in [0, 0.05) is 21.2 Å². The fourth-order valence-electron chi connectivity index (χ4n) is 3.74. The fraction of sp³-hybridized carbons (Fsp3) is 0.481. The van der Waals surface area contributed by atoms with Gasteiger partial charge in [0.1, 0.15) is 13.2 Å². The second kappa shape index (κ2) is 13.0. The van der Waals surface area contributed by atoms with E-state index in [1.165, 1.54) is 0 Å². The molecule has 0 aliphatic heterocycles. The summed E-state index contributed by atoms with van der Waals surface area (Å²) in [6, 6.07) is 14.6. The van der Waals surface area contributed by atoms with E-state index in [0.717, 1.165) is 24.0 Å². The summed E-state index contributed by atoms with van der Waals surface area (Å²) in [5.74, 6) is -0.157. The van der Waals surface area contributed by atoms with Crippen LogP contribution in [-0.2, 0) is 32.3 Å². The molecule has 0 aliphatic rings. The normalized spacial score (nSPS) is 11.6. The molecule has 0 saturated heterocycles. The topological polar surface area (TPSA) is 52.6 Å². The number of hydrogen-bond donors (Lipinski definition) is 0. The van der Waals surface area contributed by atoms with Crippen molar-refractivity contribution >= 4 is 35.1 Å². The van der Waals surface area contributed by atoms with Gasteiger partial charge in [-0.15, -0.1) is 0 Å². The molecule has 4 nitrogen and oxygen atoms in total. The number of halogens is 2. The molecule has 0 fully saturated rings. The Morgan fingerprint density at radius 2 is 1.21 bits per heavy atom. The molecule has 0 amide bonds. The molecule has 33 heavy (non-hydrogen) atoms. The van der Waals surface area contributed by atoms with Gasteiger partial charge >= 0.3 is 11.9 Å². The standard InChI is InChI=1S/C27H34Cl2O4/c1-19(2)13-14-27(20(3)4,15-25(30)32-17-21-9-5-7-11-23(21)28)16-26(31)33-18-22-10-6-8-12-24(22)29/h5-12,19-20H,13-18H2,1-4H3. The zero-order chi connectivity index (χ0) is 24.4. The Labute approximate surface area is 207 Å². The number of esters is 2. The number of ether oxygens (including phenoxy) is 2. The predicted molar refractivity (Wildman–Crippen MR) is 133 cm³/mol. The molecule has 180 valence electrons. The number of benzene rings is 2. The van der Waals surface area contributed by atoms with Gasteiger partial charge in [-0.25, -0.2) is 0 Å². The number of hydrogen-bond acceptors (Lipinski definition) is 4. The van der Waals surface area contributed by atoms with Gasteiger partial charge < -0.3 is 9.47 Å². The molecule has 0 heterocycles. The lowest BCUT2D eigenvalue weighted by Gasteiger charge is -2.37. The zero-order valence-corrected chi connectivity index (χ0v) is 21.4. The summed E-state index contributed by atoms with van der Waals surface area (Å²) < 4.78 is 11.1. The SMILES string of the molecule is CC(C)CCC(CC(=O)OCc1ccccc1Cl)(CC(=O)OCc1ccccc1Cl)C(C)C. The highest BCUT2D eigenvalue weighted by Crippen LogP contribution is 2.42. The quantitative estimate of drug-likeness (QED) is 0.285. The molecular weight excluding hydrogens is 459 g/mol. The third kappa shape index (κ3) is 8.68. The van der Waals surface area contributed by atoms with Crippen LogP contribution in [0.25, 0.3) is 0 Å². The van der Waals surface area contributed by atoms with Crippen molar-refractivity contribution in [2.45, 2.75) is 66.6 Å². The predicted octanol–water partition coefficient (Wildman–Crippen LogP) is 7.64. The van der Waals surface area contributed by atoms with Crippen LogP contribution < -0.4 is 0 Å². The smallest absolute Gasteiger partial charge is 0.306 e. The van der Waals surface area contributed by atoms with E-state index in [9.17, 15) is 9.59 Å². The maximum absolute atomic E-state index is 12.9. The second-order valence-corrected chi connectivity index (χ2v) is 10.1. The maximum Gasteiger partial charge on any atom is 0.306 e. The van der Waals surface area contributed by atoms with Gasteiger partial charge in [-0.3, -0.25) is 9.59 Å². The zero-order valence-electron chi connectivity index (χ0n) is 19.9. The largest absolute Gasteiger partial charge is 0.461 e. The van der Waals surface area contributed by atoms with Gasteiger partial charge in [0.05, 0.1) is 12.8 Å². The summed E-state index contributed by atoms with van der Waals surface area (Å²) in [6.07, 6.45) is 1.91. The van der Waals surface area contributed by atoms with Crippen molar-refractivity contribution < 1.29 is 19.1 Å². The second-order valence-electron chi connectivity index (χ2n) is 9.31. The summed E-state index contributed by atoms with van der Waals surface area (Å²) in [4.78, 5) is 25.7. The highest BCUT2D eigenvalue weighted by molar-refractivity contribution is 6.31. The molecule has 6 heteroatoms. The van der Waals surface area contributed by atoms with Crippen LogP contribution in [0.1, 0.15) is 64.5 Å². The minimum Gasteiger partial charge on any atom is -0.461 e. The van der Waals surface area contributed by atoms with E-state index in [-0.39, 0.29) is 43.9 Å². The van der Waals surface area contributed by atoms with Crippen molar-refractivity contribution in [2.75, 3.05) is 0 Å². The molecule has 0 N–H and O–H groups in total. The highest BCUT2D eigenvalue weighted by atomic mass is 35.5. The fourth-order valence-corrected chi connectivity index (χ4v) is 4.12. The van der Waals surface area contributed by atoms with Crippen molar-refractivity contribution in [3.05, 3.63) is 69.7 Å². The highest BCUT2D eigenvalue weighted by Gasteiger charge is 2.39. The average Bonchev–Trinajstić information content (AvgIpc) is 2.76. The van der Waals surface area contributed by atoms with Crippen molar-refractivity contribution in [1.82, 2.24) is 0 Å². The Hall–Kier alpha value is -2.04. The van der Waals surface area contributed by atoms with Crippen molar-refractivity contribution in [2.24, 2.45) is 17.3 Å². The van der Waals surface area contributed by atoms with E-state index in [1.54, 1.807) is 12.1 Å². The summed E-state index contributed by atoms with van der Waals surface area (Å²) in [7, 11) is 0. The van der Waals surface area contributed by atoms with Gasteiger partial charge in [-0.1, -0.05) is 93.7 Å². The van der Waals surface area contributed by atoms with E-state index in [2.05, 4.69) is 13.8 Å². The van der Waals surface area contributed by atoms with E-state index < -0.39 is 5.41 Å². The molecule has 0 aliphatic carbocycles. The van der Waals surface area contributed by atoms with E-state index in [1.807, 2.05) is 50.2 Å². The van der Waals surface area contributed by atoms with Gasteiger partial charge in [0.15, 0.2) is 0 Å². The summed E-state index contributed by atoms with van der Waals surface area (Å²) in [6.45, 7) is 8.57. The number of carbonyl (C=O) groups is 2. The summed E-state index contributed by atoms with van der Waals surface area (Å²) in [5.41, 5.74) is 0.951. The first-order valence-electron chi connectivity index (χ1n) is 11.4. The van der Waals surface area contributed by atoms with Crippen LogP contribution >= 0.6 is 23.2 Å². The van der Waals surface area contributed by atoms with Crippen LogP contribution in [0, 0.1) is 17.3 Å². The summed E-state index contributed by atoms with van der Waals surface area (Å²) >= 11 is 12.4. The van der Waals surface area contributed by atoms with E-state index in [0.29, 0.717) is 16.0 Å². The molecule has 0 saturated carbocycles. The minimum atomic E-state index is -0.556. The molecule has 0 radical (unpaired) electrons. The Bertz CT molecular complexity index is 860. The van der Waals surface area contributed by atoms with E-state index >= 15 is 0 Å². The van der Waals surface area contributed by atoms with Gasteiger partial charge in [0.2, 0.25) is 0 Å². The van der Waals surface area contributed by atoms with Crippen LogP contribution in [0.5, 0.6) is 0 Å². The van der Waals surface area contributed by atoms with Gasteiger partial charge in [-0.2, -0.15) is 0 Å². The monoisotopic (exact) mass is 492 g/mol. The maximum atomic E-state index is 12.9. The molecule has 2 rings (SSSR count). The Balaban J connectivity index is 2.09. The van der Waals surface area contributed by atoms with Crippen LogP contribution in [0.2, 0.25) is 10.0 Å². The van der Waals surface area contributed by atoms with Gasteiger partial charge in [-0.05, 0) is 35.8 Å². The Morgan fingerprint density at radius 1 is 0.788 bits per heavy atom. The lowest BCUT2D eigenvalue weighted by Crippen LogP contribution is -2.34. The molecule has 0 aromatic heterocycles. The average molecular weight is 493 g/mol. The molecule has 0 bridgehead atoms. The molecule has 2 aromatic carbocycles. The van der Waals surface area contributed by atoms with Crippen LogP contribution in [0.4, 0.5) is 0 Å². The first-order chi connectivity index (χ1) is 15.6. The van der Waals surface area contributed by atoms with Gasteiger partial charge in [0.25, 0.3) is 0 Å². The van der Waals surface area contributed by atoms with Crippen LogP contribution in [0.3, 0.4) is 0 Å². The minimum absolute atomic E-state index is 0.0805. The molecule has 2 aromatic rings. The third-order valence-electron chi connectivity index (χ3n) is 6.13. The van der Waals surface area contributed by atoms with Crippen LogP contribution in [0.15, 0.2) is 48.5 Å². The molecule has 0 atom stereocenters. The van der Waals surface area contributed by atoms with Crippen molar-refractivity contribution in [3.63, 3.8) is 0 Å². The lowest BCUT2D eigenvalue weighted by molar-refractivity contribution is -0.154. The molecular formula is C27H34Cl2O4. The molecule has 0 unspecified atom stereocenters. The van der Waals surface area contributed by atoms with Crippen molar-refractivity contribution in [3.8, 4) is 0 Å². The summed E-state index contributed by atoms with van der Waals surface area (Å²) in [5, 5.41) is 1.12. The van der Waals surface area contributed by atoms with E-state index in [4.69, 9.17) is 32.7 Å². The van der Waals surface area contributed by atoms with Crippen LogP contribution in [-0.4, -0.2) is 11.9 Å². The number of carbonyl (C=O) groups excluding carboxylic acids is 2. The number of rotatable bonds is 12. The first kappa shape index (κ1) is 27.2. The third-order valence-corrected chi connectivity index (χ3v) is 6.87. The Kier molecular flexibility index (Phi) is 10.7. The molecule has 0 spiro atoms.